The molecule has 1 aliphatic rings. The van der Waals surface area contributed by atoms with Crippen molar-refractivity contribution in [1.29, 1.82) is 0 Å². The van der Waals surface area contributed by atoms with Crippen molar-refractivity contribution in [2.75, 3.05) is 33.6 Å². The molecule has 7 nitrogen and oxygen atoms in total. The summed E-state index contributed by atoms with van der Waals surface area (Å²) in [6.45, 7) is 6.62. The van der Waals surface area contributed by atoms with Crippen LogP contribution in [0.4, 0.5) is 9.18 Å². The van der Waals surface area contributed by atoms with Crippen molar-refractivity contribution < 1.29 is 28.2 Å². The predicted molar refractivity (Wildman–Crippen MR) is 132 cm³/mol. The highest BCUT2D eigenvalue weighted by Crippen LogP contribution is 2.31. The van der Waals surface area contributed by atoms with Gasteiger partial charge in [0.25, 0.3) is 0 Å². The van der Waals surface area contributed by atoms with E-state index in [-0.39, 0.29) is 18.2 Å². The molecule has 0 saturated carbocycles. The van der Waals surface area contributed by atoms with Gasteiger partial charge in [0.2, 0.25) is 12.1 Å². The zero-order valence-electron chi connectivity index (χ0n) is 20.6. The molecule has 1 aromatic rings. The average Bonchev–Trinajstić information content (AvgIpc) is 2.75. The Morgan fingerprint density at radius 2 is 1.97 bits per heavy atom. The van der Waals surface area contributed by atoms with Gasteiger partial charge in [0.1, 0.15) is 11.4 Å². The van der Waals surface area contributed by atoms with E-state index in [0.717, 1.165) is 12.8 Å². The van der Waals surface area contributed by atoms with Crippen molar-refractivity contribution in [3.05, 3.63) is 45.2 Å². The first kappa shape index (κ1) is 28.4. The van der Waals surface area contributed by atoms with E-state index in [0.29, 0.717) is 34.3 Å². The Morgan fingerprint density at radius 1 is 1.29 bits per heavy atom. The summed E-state index contributed by atoms with van der Waals surface area (Å²) in [5.41, 5.74) is 0.302. The highest BCUT2D eigenvalue weighted by atomic mass is 35.5. The molecule has 2 rings (SSSR count). The molecule has 0 bridgehead atoms. The number of likely N-dealkylation sites (tertiary alicyclic amines) is 1. The molecule has 190 valence electrons. The molecule has 1 amide bonds. The van der Waals surface area contributed by atoms with Crippen molar-refractivity contribution in [3.8, 4) is 0 Å². The minimum atomic E-state index is -1.11. The summed E-state index contributed by atoms with van der Waals surface area (Å²) in [6.07, 6.45) is 1.99. The van der Waals surface area contributed by atoms with Crippen LogP contribution in [0, 0.1) is 5.82 Å². The number of alkyl carbamates (subject to hydrolysis) is 1. The van der Waals surface area contributed by atoms with Crippen LogP contribution in [0.1, 0.15) is 39.2 Å². The summed E-state index contributed by atoms with van der Waals surface area (Å²) in [6, 6.07) is 3.92. The fraction of sp³-hybridized carbons (Fsp3) is 0.583. The molecule has 0 aliphatic carbocycles. The molecular weight excluding hydrogens is 483 g/mol. The molecule has 1 atom stereocenters. The number of ketones is 1. The summed E-state index contributed by atoms with van der Waals surface area (Å²) in [4.78, 5) is 27.7. The number of Topliss-reactive ketones (excluding diaryl/α,β-unsaturated/α-hetero) is 1. The van der Waals surface area contributed by atoms with Gasteiger partial charge in [-0.3, -0.25) is 4.79 Å². The van der Waals surface area contributed by atoms with Crippen molar-refractivity contribution in [2.24, 2.45) is 0 Å². The Kier molecular flexibility index (Phi) is 10.7. The first-order valence-corrected chi connectivity index (χ1v) is 12.6. The van der Waals surface area contributed by atoms with Crippen molar-refractivity contribution >= 4 is 35.2 Å². The lowest BCUT2D eigenvalue weighted by Crippen LogP contribution is -2.48. The monoisotopic (exact) mass is 516 g/mol. The number of amides is 1. The fourth-order valence-corrected chi connectivity index (χ4v) is 4.81. The molecule has 1 N–H and O–H groups in total. The molecule has 0 spiro atoms. The average molecular weight is 517 g/mol. The number of carbonyl (C=O) groups excluding carboxylic acids is 2. The quantitative estimate of drug-likeness (QED) is 0.374. The Morgan fingerprint density at radius 3 is 2.56 bits per heavy atom. The lowest BCUT2D eigenvalue weighted by atomic mass is 10.00. The predicted octanol–water partition coefficient (Wildman–Crippen LogP) is 4.77. The van der Waals surface area contributed by atoms with E-state index in [4.69, 9.17) is 25.8 Å². The number of carbonyl (C=O) groups is 2. The van der Waals surface area contributed by atoms with Crippen LogP contribution in [0.3, 0.4) is 0 Å². The summed E-state index contributed by atoms with van der Waals surface area (Å²) in [7, 11) is 2.78. The van der Waals surface area contributed by atoms with Gasteiger partial charge in [-0.05, 0) is 63.6 Å². The smallest absolute Gasteiger partial charge is 0.407 e. The normalized spacial score (nSPS) is 17.4. The molecule has 1 saturated heterocycles. The van der Waals surface area contributed by atoms with E-state index in [2.05, 4.69) is 10.2 Å². The van der Waals surface area contributed by atoms with E-state index < -0.39 is 23.8 Å². The van der Waals surface area contributed by atoms with Crippen LogP contribution in [0.2, 0.25) is 5.02 Å². The molecule has 1 heterocycles. The van der Waals surface area contributed by atoms with Crippen LogP contribution >= 0.6 is 23.4 Å². The summed E-state index contributed by atoms with van der Waals surface area (Å²) in [5.74, 6) is -0.802. The molecule has 0 radical (unpaired) electrons. The van der Waals surface area contributed by atoms with Crippen LogP contribution in [-0.4, -0.2) is 68.3 Å². The number of thioether (sulfide) groups is 1. The second-order valence-corrected chi connectivity index (χ2v) is 10.2. The van der Waals surface area contributed by atoms with Gasteiger partial charge in [0.05, 0.1) is 5.03 Å². The standard InChI is InChI=1S/C24H34ClFN2O5S/c1-24(2,3)33-23(30)27-17-8-7-11-28(14-17)21(34-6)18(20(29)22(31-4)32-5)13-15-12-16(26)9-10-19(15)25/h9-10,12,17,22H,7-8,11,13-14H2,1-6H3,(H,27,30)/t17-/m1/s1. The highest BCUT2D eigenvalue weighted by molar-refractivity contribution is 8.02. The number of rotatable bonds is 9. The highest BCUT2D eigenvalue weighted by Gasteiger charge is 2.31. The third kappa shape index (κ3) is 8.15. The van der Waals surface area contributed by atoms with Gasteiger partial charge in [0.15, 0.2) is 0 Å². The van der Waals surface area contributed by atoms with Gasteiger partial charge in [0, 0.05) is 50.4 Å². The van der Waals surface area contributed by atoms with Crippen molar-refractivity contribution in [3.63, 3.8) is 0 Å². The van der Waals surface area contributed by atoms with E-state index in [9.17, 15) is 14.0 Å². The van der Waals surface area contributed by atoms with Crippen molar-refractivity contribution in [2.45, 2.75) is 58.0 Å². The van der Waals surface area contributed by atoms with Gasteiger partial charge in [-0.15, -0.1) is 11.8 Å². The number of piperidine rings is 1. The Hall–Kier alpha value is -1.81. The number of nitrogens with zero attached hydrogens (tertiary/aromatic N) is 1. The number of methoxy groups -OCH3 is 2. The number of ether oxygens (including phenoxy) is 3. The molecule has 0 unspecified atom stereocenters. The van der Waals surface area contributed by atoms with Gasteiger partial charge >= 0.3 is 6.09 Å². The summed E-state index contributed by atoms with van der Waals surface area (Å²) >= 11 is 7.72. The molecular formula is C24H34ClFN2O5S. The maximum absolute atomic E-state index is 13.9. The molecule has 34 heavy (non-hydrogen) atoms. The first-order chi connectivity index (χ1) is 16.0. The van der Waals surface area contributed by atoms with Crippen LogP contribution in [0.25, 0.3) is 0 Å². The third-order valence-corrected chi connectivity index (χ3v) is 6.46. The third-order valence-electron chi connectivity index (χ3n) is 5.20. The first-order valence-electron chi connectivity index (χ1n) is 11.0. The number of nitrogens with one attached hydrogen (secondary N) is 1. The fourth-order valence-electron chi connectivity index (χ4n) is 3.79. The Labute approximate surface area is 210 Å². The second kappa shape index (κ2) is 12.8. The molecule has 1 aromatic carbocycles. The SMILES string of the molecule is COC(OC)C(=O)C(Cc1cc(F)ccc1Cl)=C(SC)N1CCC[C@@H](NC(=O)OC(C)(C)C)C1. The van der Waals surface area contributed by atoms with Crippen LogP contribution in [-0.2, 0) is 25.4 Å². The minimum Gasteiger partial charge on any atom is -0.444 e. The maximum Gasteiger partial charge on any atom is 0.407 e. The van der Waals surface area contributed by atoms with Gasteiger partial charge in [-0.2, -0.15) is 0 Å². The van der Waals surface area contributed by atoms with Crippen molar-refractivity contribution in [1.82, 2.24) is 10.2 Å². The van der Waals surface area contributed by atoms with E-state index in [1.54, 1.807) is 0 Å². The zero-order valence-corrected chi connectivity index (χ0v) is 22.1. The van der Waals surface area contributed by atoms with Crippen LogP contribution < -0.4 is 5.32 Å². The lowest BCUT2D eigenvalue weighted by molar-refractivity contribution is -0.152. The van der Waals surface area contributed by atoms with E-state index in [1.807, 2.05) is 27.0 Å². The largest absolute Gasteiger partial charge is 0.444 e. The number of hydrogen-bond acceptors (Lipinski definition) is 7. The Balaban J connectivity index is 2.38. The maximum atomic E-state index is 13.9. The van der Waals surface area contributed by atoms with Gasteiger partial charge in [-0.25, -0.2) is 9.18 Å². The Bertz CT molecular complexity index is 902. The summed E-state index contributed by atoms with van der Waals surface area (Å²) in [5, 5.41) is 4.00. The van der Waals surface area contributed by atoms with Crippen LogP contribution in [0.15, 0.2) is 28.8 Å². The second-order valence-electron chi connectivity index (χ2n) is 9.00. The lowest BCUT2D eigenvalue weighted by Gasteiger charge is -2.37. The number of benzene rings is 1. The minimum absolute atomic E-state index is 0.107. The molecule has 0 aromatic heterocycles. The molecule has 1 aliphatic heterocycles. The van der Waals surface area contributed by atoms with E-state index in [1.165, 1.54) is 44.2 Å². The molecule has 1 fully saturated rings. The topological polar surface area (TPSA) is 77.1 Å². The van der Waals surface area contributed by atoms with E-state index >= 15 is 0 Å². The number of halogens is 2. The summed E-state index contributed by atoms with van der Waals surface area (Å²) < 4.78 is 29.8. The zero-order chi connectivity index (χ0) is 25.5. The van der Waals surface area contributed by atoms with Gasteiger partial charge in [-0.1, -0.05) is 11.6 Å². The van der Waals surface area contributed by atoms with Gasteiger partial charge < -0.3 is 24.4 Å². The number of hydrogen-bond donors (Lipinski definition) is 1. The van der Waals surface area contributed by atoms with Crippen LogP contribution in [0.5, 0.6) is 0 Å². The molecule has 10 heteroatoms.